The zero-order chi connectivity index (χ0) is 13.0. The summed E-state index contributed by atoms with van der Waals surface area (Å²) in [6, 6.07) is 2.00. The highest BCUT2D eigenvalue weighted by atomic mass is 16.5. The maximum atomic E-state index is 5.37. The van der Waals surface area contributed by atoms with Crippen LogP contribution in [-0.2, 0) is 4.74 Å². The molecule has 0 atom stereocenters. The lowest BCUT2D eigenvalue weighted by Gasteiger charge is -2.32. The molecule has 0 aliphatic carbocycles. The predicted octanol–water partition coefficient (Wildman–Crippen LogP) is 0.933. The number of nitrogen functional groups attached to an aromatic ring is 1. The molecule has 0 bridgehead atoms. The third-order valence-corrected chi connectivity index (χ3v) is 3.31. The summed E-state index contributed by atoms with van der Waals surface area (Å²) >= 11 is 0. The van der Waals surface area contributed by atoms with E-state index in [1.165, 1.54) is 0 Å². The van der Waals surface area contributed by atoms with Crippen LogP contribution in [0.1, 0.15) is 18.5 Å². The maximum Gasteiger partial charge on any atom is 0.239 e. The summed E-state index contributed by atoms with van der Waals surface area (Å²) in [5.74, 6) is 7.46. The molecule has 6 heteroatoms. The van der Waals surface area contributed by atoms with E-state index in [4.69, 9.17) is 10.6 Å². The number of hydrogen-bond acceptors (Lipinski definition) is 6. The van der Waals surface area contributed by atoms with Crippen molar-refractivity contribution in [2.75, 3.05) is 37.1 Å². The summed E-state index contributed by atoms with van der Waals surface area (Å²) in [7, 11) is 1.76. The number of nitrogens with zero attached hydrogens (tertiary/aromatic N) is 3. The van der Waals surface area contributed by atoms with Gasteiger partial charge in [0.1, 0.15) is 5.82 Å². The molecule has 1 aromatic rings. The van der Waals surface area contributed by atoms with Gasteiger partial charge in [0, 0.05) is 38.6 Å². The van der Waals surface area contributed by atoms with Gasteiger partial charge >= 0.3 is 0 Å². The van der Waals surface area contributed by atoms with Gasteiger partial charge in [-0.1, -0.05) is 0 Å². The van der Waals surface area contributed by atoms with Crippen LogP contribution >= 0.6 is 0 Å². The van der Waals surface area contributed by atoms with Crippen LogP contribution in [0.15, 0.2) is 6.07 Å². The Morgan fingerprint density at radius 3 is 2.78 bits per heavy atom. The standard InChI is InChI=1S/C12H21N5O/c1-9-7-11(15-12(14-9)16-13)17-5-3-10(4-6-17)8-18-2/h7,10H,3-6,8,13H2,1-2H3,(H,14,15,16). The van der Waals surface area contributed by atoms with Gasteiger partial charge in [-0.25, -0.2) is 10.8 Å². The van der Waals surface area contributed by atoms with Gasteiger partial charge in [0.15, 0.2) is 0 Å². The molecule has 1 fully saturated rings. The Hall–Kier alpha value is -1.40. The summed E-state index contributed by atoms with van der Waals surface area (Å²) in [5, 5.41) is 0. The number of nitrogens with two attached hydrogens (primary N) is 1. The van der Waals surface area contributed by atoms with Crippen LogP contribution in [0.3, 0.4) is 0 Å². The molecule has 6 nitrogen and oxygen atoms in total. The minimum Gasteiger partial charge on any atom is -0.384 e. The van der Waals surface area contributed by atoms with Gasteiger partial charge in [0.2, 0.25) is 5.95 Å². The monoisotopic (exact) mass is 251 g/mol. The molecule has 100 valence electrons. The number of anilines is 2. The molecule has 1 saturated heterocycles. The molecular weight excluding hydrogens is 230 g/mol. The second-order valence-corrected chi connectivity index (χ2v) is 4.72. The molecule has 3 N–H and O–H groups in total. The summed E-state index contributed by atoms with van der Waals surface area (Å²) in [6.45, 7) is 4.82. The molecule has 1 aliphatic rings. The fourth-order valence-corrected chi connectivity index (χ4v) is 2.34. The van der Waals surface area contributed by atoms with E-state index >= 15 is 0 Å². The Morgan fingerprint density at radius 1 is 1.44 bits per heavy atom. The van der Waals surface area contributed by atoms with E-state index in [1.807, 2.05) is 13.0 Å². The average molecular weight is 251 g/mol. The van der Waals surface area contributed by atoms with Crippen LogP contribution in [0.25, 0.3) is 0 Å². The lowest BCUT2D eigenvalue weighted by atomic mass is 9.98. The predicted molar refractivity (Wildman–Crippen MR) is 71.4 cm³/mol. The first-order valence-corrected chi connectivity index (χ1v) is 6.29. The van der Waals surface area contributed by atoms with Crippen molar-refractivity contribution in [1.82, 2.24) is 9.97 Å². The summed E-state index contributed by atoms with van der Waals surface area (Å²) < 4.78 is 5.21. The molecule has 0 aromatic carbocycles. The van der Waals surface area contributed by atoms with Gasteiger partial charge in [-0.15, -0.1) is 0 Å². The molecular formula is C12H21N5O. The number of nitrogens with one attached hydrogen (secondary N) is 1. The molecule has 0 amide bonds. The Labute approximate surface area is 108 Å². The Morgan fingerprint density at radius 2 is 2.17 bits per heavy atom. The number of rotatable bonds is 4. The highest BCUT2D eigenvalue weighted by Crippen LogP contribution is 2.23. The zero-order valence-electron chi connectivity index (χ0n) is 11.0. The minimum absolute atomic E-state index is 0.476. The molecule has 18 heavy (non-hydrogen) atoms. The molecule has 2 heterocycles. The average Bonchev–Trinajstić information content (AvgIpc) is 2.39. The first-order valence-electron chi connectivity index (χ1n) is 6.29. The third kappa shape index (κ3) is 3.08. The van der Waals surface area contributed by atoms with Crippen molar-refractivity contribution in [3.05, 3.63) is 11.8 Å². The number of aromatic nitrogens is 2. The van der Waals surface area contributed by atoms with E-state index < -0.39 is 0 Å². The van der Waals surface area contributed by atoms with Crippen molar-refractivity contribution in [2.45, 2.75) is 19.8 Å². The van der Waals surface area contributed by atoms with Crippen LogP contribution in [-0.4, -0.2) is 36.8 Å². The van der Waals surface area contributed by atoms with E-state index in [0.717, 1.165) is 44.0 Å². The first kappa shape index (κ1) is 13.0. The van der Waals surface area contributed by atoms with E-state index in [1.54, 1.807) is 7.11 Å². The first-order chi connectivity index (χ1) is 8.72. The smallest absolute Gasteiger partial charge is 0.239 e. The molecule has 0 spiro atoms. The fourth-order valence-electron chi connectivity index (χ4n) is 2.34. The number of ether oxygens (including phenoxy) is 1. The topological polar surface area (TPSA) is 76.3 Å². The van der Waals surface area contributed by atoms with Crippen molar-refractivity contribution >= 4 is 11.8 Å². The van der Waals surface area contributed by atoms with Crippen LogP contribution in [0.4, 0.5) is 11.8 Å². The van der Waals surface area contributed by atoms with Crippen LogP contribution in [0.2, 0.25) is 0 Å². The normalized spacial score (nSPS) is 16.9. The second-order valence-electron chi connectivity index (χ2n) is 4.72. The SMILES string of the molecule is COCC1CCN(c2cc(C)nc(NN)n2)CC1. The third-order valence-electron chi connectivity index (χ3n) is 3.31. The number of hydrazine groups is 1. The van der Waals surface area contributed by atoms with Crippen molar-refractivity contribution in [2.24, 2.45) is 11.8 Å². The number of hydrogen-bond donors (Lipinski definition) is 2. The highest BCUT2D eigenvalue weighted by molar-refractivity contribution is 5.44. The number of aryl methyl sites for hydroxylation is 1. The van der Waals surface area contributed by atoms with Crippen molar-refractivity contribution in [3.63, 3.8) is 0 Å². The van der Waals surface area contributed by atoms with Gasteiger partial charge in [0.25, 0.3) is 0 Å². The van der Waals surface area contributed by atoms with Gasteiger partial charge in [-0.2, -0.15) is 4.98 Å². The number of piperidine rings is 1. The molecule has 0 radical (unpaired) electrons. The van der Waals surface area contributed by atoms with Crippen LogP contribution in [0.5, 0.6) is 0 Å². The molecule has 2 rings (SSSR count). The van der Waals surface area contributed by atoms with Gasteiger partial charge in [0.05, 0.1) is 0 Å². The lowest BCUT2D eigenvalue weighted by Crippen LogP contribution is -2.35. The maximum absolute atomic E-state index is 5.37. The van der Waals surface area contributed by atoms with E-state index in [0.29, 0.717) is 11.9 Å². The molecule has 1 aromatic heterocycles. The summed E-state index contributed by atoms with van der Waals surface area (Å²) in [4.78, 5) is 10.9. The summed E-state index contributed by atoms with van der Waals surface area (Å²) in [5.41, 5.74) is 3.43. The van der Waals surface area contributed by atoms with Crippen molar-refractivity contribution in [1.29, 1.82) is 0 Å². The quantitative estimate of drug-likeness (QED) is 0.612. The Kier molecular flexibility index (Phi) is 4.33. The van der Waals surface area contributed by atoms with Crippen LogP contribution in [0, 0.1) is 12.8 Å². The van der Waals surface area contributed by atoms with Crippen LogP contribution < -0.4 is 16.2 Å². The summed E-state index contributed by atoms with van der Waals surface area (Å²) in [6.07, 6.45) is 2.28. The molecule has 1 aliphatic heterocycles. The Balaban J connectivity index is 2.02. The fraction of sp³-hybridized carbons (Fsp3) is 0.667. The number of methoxy groups -OCH3 is 1. The Bertz CT molecular complexity index is 390. The van der Waals surface area contributed by atoms with Crippen molar-refractivity contribution < 1.29 is 4.74 Å². The van der Waals surface area contributed by atoms with E-state index in [-0.39, 0.29) is 0 Å². The van der Waals surface area contributed by atoms with Gasteiger partial charge in [-0.3, -0.25) is 5.43 Å². The highest BCUT2D eigenvalue weighted by Gasteiger charge is 2.20. The van der Waals surface area contributed by atoms with E-state index in [9.17, 15) is 0 Å². The zero-order valence-corrected chi connectivity index (χ0v) is 11.0. The molecule has 0 saturated carbocycles. The second kappa shape index (κ2) is 5.97. The van der Waals surface area contributed by atoms with E-state index in [2.05, 4.69) is 20.3 Å². The van der Waals surface area contributed by atoms with Gasteiger partial charge < -0.3 is 9.64 Å². The minimum atomic E-state index is 0.476. The van der Waals surface area contributed by atoms with Crippen molar-refractivity contribution in [3.8, 4) is 0 Å². The molecule has 0 unspecified atom stereocenters. The lowest BCUT2D eigenvalue weighted by molar-refractivity contribution is 0.139. The van der Waals surface area contributed by atoms with Gasteiger partial charge in [-0.05, 0) is 25.7 Å². The largest absolute Gasteiger partial charge is 0.384 e.